The monoisotopic (exact) mass is 205 g/mol. The first-order valence-corrected chi connectivity index (χ1v) is 4.89. The molecule has 0 saturated heterocycles. The van der Waals surface area contributed by atoms with Crippen molar-refractivity contribution in [3.8, 4) is 0 Å². The summed E-state index contributed by atoms with van der Waals surface area (Å²) in [5.41, 5.74) is 6.75. The Balaban J connectivity index is 2.91. The van der Waals surface area contributed by atoms with Crippen molar-refractivity contribution in [3.05, 3.63) is 36.2 Å². The Morgan fingerprint density at radius 3 is 2.60 bits per heavy atom. The second-order valence-electron chi connectivity index (χ2n) is 4.51. The van der Waals surface area contributed by atoms with E-state index in [-0.39, 0.29) is 11.2 Å². The Kier molecular flexibility index (Phi) is 3.24. The number of hydrogen-bond donors (Lipinski definition) is 1. The number of hydrogen-bond acceptors (Lipinski definition) is 2. The molecule has 3 heteroatoms. The van der Waals surface area contributed by atoms with Crippen molar-refractivity contribution >= 4 is 11.5 Å². The minimum Gasteiger partial charge on any atom is -0.398 e. The molecule has 0 radical (unpaired) electrons. The minimum absolute atomic E-state index is 0.0313. The van der Waals surface area contributed by atoms with Crippen LogP contribution in [0.5, 0.6) is 0 Å². The van der Waals surface area contributed by atoms with Crippen molar-refractivity contribution in [3.63, 3.8) is 0 Å². The Morgan fingerprint density at radius 1 is 1.47 bits per heavy atom. The van der Waals surface area contributed by atoms with Crippen LogP contribution in [0.2, 0.25) is 0 Å². The van der Waals surface area contributed by atoms with Crippen LogP contribution in [0.3, 0.4) is 0 Å². The first-order chi connectivity index (χ1) is 6.91. The summed E-state index contributed by atoms with van der Waals surface area (Å²) in [7, 11) is 0. The van der Waals surface area contributed by atoms with Crippen molar-refractivity contribution < 1.29 is 9.78 Å². The molecule has 0 bridgehead atoms. The molecule has 15 heavy (non-hydrogen) atoms. The van der Waals surface area contributed by atoms with Gasteiger partial charge in [0.25, 0.3) is 0 Å². The summed E-state index contributed by atoms with van der Waals surface area (Å²) >= 11 is 0. The quantitative estimate of drug-likeness (QED) is 0.742. The molecular formula is C12H17N2O+. The number of aromatic nitrogens is 1. The summed E-state index contributed by atoms with van der Waals surface area (Å²) in [5.74, 6) is 0.0313. The fraction of sp³-hybridized carbons (Fsp3) is 0.333. The third kappa shape index (κ3) is 3.20. The molecule has 3 nitrogen and oxygen atoms in total. The molecule has 0 aliphatic heterocycles. The van der Waals surface area contributed by atoms with E-state index in [0.29, 0.717) is 5.70 Å². The van der Waals surface area contributed by atoms with Crippen molar-refractivity contribution in [1.29, 1.82) is 0 Å². The molecule has 1 heterocycles. The normalized spacial score (nSPS) is 12.6. The van der Waals surface area contributed by atoms with Crippen LogP contribution in [-0.4, -0.2) is 5.78 Å². The van der Waals surface area contributed by atoms with Crippen LogP contribution in [0, 0.1) is 5.41 Å². The smallest absolute Gasteiger partial charge is 0.176 e. The highest BCUT2D eigenvalue weighted by Gasteiger charge is 2.19. The predicted octanol–water partition coefficient (Wildman–Crippen LogP) is 1.42. The van der Waals surface area contributed by atoms with Gasteiger partial charge in [-0.25, -0.2) is 4.98 Å². The molecule has 0 aliphatic carbocycles. The van der Waals surface area contributed by atoms with Gasteiger partial charge < -0.3 is 5.73 Å². The fourth-order valence-corrected chi connectivity index (χ4v) is 1.01. The highest BCUT2D eigenvalue weighted by molar-refractivity contribution is 5.99. The van der Waals surface area contributed by atoms with Crippen molar-refractivity contribution in [1.82, 2.24) is 0 Å². The number of aromatic amines is 1. The Hall–Kier alpha value is -1.64. The maximum Gasteiger partial charge on any atom is 0.176 e. The van der Waals surface area contributed by atoms with Crippen LogP contribution in [-0.2, 0) is 4.79 Å². The number of allylic oxidation sites excluding steroid dienone is 1. The van der Waals surface area contributed by atoms with E-state index in [1.54, 1.807) is 12.4 Å². The van der Waals surface area contributed by atoms with Gasteiger partial charge in [-0.15, -0.1) is 0 Å². The predicted molar refractivity (Wildman–Crippen MR) is 59.6 cm³/mol. The van der Waals surface area contributed by atoms with Gasteiger partial charge in [0, 0.05) is 23.3 Å². The van der Waals surface area contributed by atoms with E-state index in [1.165, 1.54) is 6.08 Å². The van der Waals surface area contributed by atoms with Gasteiger partial charge in [-0.1, -0.05) is 20.8 Å². The molecule has 0 aliphatic rings. The van der Waals surface area contributed by atoms with E-state index in [9.17, 15) is 4.79 Å². The van der Waals surface area contributed by atoms with E-state index in [0.717, 1.165) is 5.56 Å². The number of pyridine rings is 1. The molecule has 1 aromatic heterocycles. The molecule has 0 amide bonds. The zero-order chi connectivity index (χ0) is 11.5. The number of nitrogens with one attached hydrogen (secondary N) is 1. The van der Waals surface area contributed by atoms with Crippen LogP contribution in [0.4, 0.5) is 0 Å². The van der Waals surface area contributed by atoms with Gasteiger partial charge >= 0.3 is 0 Å². The minimum atomic E-state index is -0.386. The zero-order valence-corrected chi connectivity index (χ0v) is 9.37. The molecule has 0 saturated carbocycles. The molecule has 0 unspecified atom stereocenters. The number of carbonyl (C=O) groups excluding carboxylic acids is 1. The molecule has 0 aromatic carbocycles. The number of carbonyl (C=O) groups is 1. The highest BCUT2D eigenvalue weighted by Crippen LogP contribution is 2.17. The summed E-state index contributed by atoms with van der Waals surface area (Å²) in [6.07, 6.45) is 5.05. The topological polar surface area (TPSA) is 57.2 Å². The van der Waals surface area contributed by atoms with Crippen LogP contribution in [0.15, 0.2) is 30.6 Å². The molecule has 0 spiro atoms. The summed E-state index contributed by atoms with van der Waals surface area (Å²) < 4.78 is 0. The Labute approximate surface area is 90.0 Å². The van der Waals surface area contributed by atoms with E-state index in [1.807, 2.05) is 32.9 Å². The molecule has 3 N–H and O–H groups in total. The second kappa shape index (κ2) is 4.26. The van der Waals surface area contributed by atoms with E-state index < -0.39 is 0 Å². The van der Waals surface area contributed by atoms with Crippen LogP contribution in [0.1, 0.15) is 26.3 Å². The molecule has 1 aromatic rings. The van der Waals surface area contributed by atoms with Crippen LogP contribution < -0.4 is 10.7 Å². The second-order valence-corrected chi connectivity index (χ2v) is 4.51. The largest absolute Gasteiger partial charge is 0.398 e. The number of rotatable bonds is 2. The average Bonchev–Trinajstić information content (AvgIpc) is 2.17. The van der Waals surface area contributed by atoms with E-state index >= 15 is 0 Å². The summed E-state index contributed by atoms with van der Waals surface area (Å²) in [5, 5.41) is 0. The van der Waals surface area contributed by atoms with Gasteiger partial charge in [-0.3, -0.25) is 4.79 Å². The van der Waals surface area contributed by atoms with Crippen molar-refractivity contribution in [2.75, 3.05) is 0 Å². The Bertz CT molecular complexity index is 374. The Morgan fingerprint density at radius 2 is 2.13 bits per heavy atom. The standard InChI is InChI=1S/C12H16N2O/c1-12(2,3)11(15)7-10(13)9-5-4-6-14-8-9/h4-8H,13H2,1-3H3/p+1. The lowest BCUT2D eigenvalue weighted by atomic mass is 9.90. The number of nitrogens with two attached hydrogens (primary N) is 1. The fourth-order valence-electron chi connectivity index (χ4n) is 1.01. The van der Waals surface area contributed by atoms with Gasteiger partial charge in [0.05, 0.1) is 5.56 Å². The van der Waals surface area contributed by atoms with E-state index in [4.69, 9.17) is 5.73 Å². The van der Waals surface area contributed by atoms with Crippen molar-refractivity contribution in [2.24, 2.45) is 11.1 Å². The summed E-state index contributed by atoms with van der Waals surface area (Å²) in [6.45, 7) is 5.61. The SMILES string of the molecule is CC(C)(C)C(=O)C=C(N)c1ccc[nH+]c1. The average molecular weight is 205 g/mol. The first kappa shape index (κ1) is 11.4. The number of ketones is 1. The molecule has 0 fully saturated rings. The lowest BCUT2D eigenvalue weighted by molar-refractivity contribution is -0.378. The van der Waals surface area contributed by atoms with Crippen LogP contribution in [0.25, 0.3) is 5.70 Å². The van der Waals surface area contributed by atoms with Crippen LogP contribution >= 0.6 is 0 Å². The maximum atomic E-state index is 11.7. The molecule has 80 valence electrons. The van der Waals surface area contributed by atoms with Gasteiger partial charge in [0.2, 0.25) is 0 Å². The lowest BCUT2D eigenvalue weighted by Crippen LogP contribution is -2.19. The molecular weight excluding hydrogens is 188 g/mol. The first-order valence-electron chi connectivity index (χ1n) is 4.89. The highest BCUT2D eigenvalue weighted by atomic mass is 16.1. The third-order valence-electron chi connectivity index (χ3n) is 2.07. The maximum absolute atomic E-state index is 11.7. The summed E-state index contributed by atoms with van der Waals surface area (Å²) in [6, 6.07) is 3.70. The third-order valence-corrected chi connectivity index (χ3v) is 2.07. The van der Waals surface area contributed by atoms with Gasteiger partial charge in [-0.2, -0.15) is 0 Å². The van der Waals surface area contributed by atoms with Gasteiger partial charge in [0.15, 0.2) is 18.2 Å². The van der Waals surface area contributed by atoms with Gasteiger partial charge in [0.1, 0.15) is 0 Å². The number of H-pyrrole nitrogens is 1. The van der Waals surface area contributed by atoms with Gasteiger partial charge in [-0.05, 0) is 6.07 Å². The molecule has 0 atom stereocenters. The summed E-state index contributed by atoms with van der Waals surface area (Å²) in [4.78, 5) is 14.6. The molecule has 1 rings (SSSR count). The zero-order valence-electron chi connectivity index (χ0n) is 9.37. The lowest BCUT2D eigenvalue weighted by Gasteiger charge is -2.13. The van der Waals surface area contributed by atoms with Crippen molar-refractivity contribution in [2.45, 2.75) is 20.8 Å². The van der Waals surface area contributed by atoms with E-state index in [2.05, 4.69) is 4.98 Å².